The summed E-state index contributed by atoms with van der Waals surface area (Å²) < 4.78 is 6.52. The van der Waals surface area contributed by atoms with Gasteiger partial charge < -0.3 is 9.30 Å². The Morgan fingerprint density at radius 3 is 3.08 bits per heavy atom. The number of aryl methyl sites for hydroxylation is 1. The zero-order chi connectivity index (χ0) is 9.68. The van der Waals surface area contributed by atoms with E-state index in [9.17, 15) is 4.79 Å². The van der Waals surface area contributed by atoms with E-state index >= 15 is 0 Å². The van der Waals surface area contributed by atoms with Crippen LogP contribution in [0.4, 0.5) is 0 Å². The van der Waals surface area contributed by atoms with Crippen LogP contribution >= 0.6 is 11.8 Å². The molecule has 0 saturated heterocycles. The smallest absolute Gasteiger partial charge is 0.316 e. The summed E-state index contributed by atoms with van der Waals surface area (Å²) in [6, 6.07) is 0. The van der Waals surface area contributed by atoms with Gasteiger partial charge in [-0.2, -0.15) is 0 Å². The minimum Gasteiger partial charge on any atom is -0.465 e. The van der Waals surface area contributed by atoms with Gasteiger partial charge in [0.05, 0.1) is 12.4 Å². The average Bonchev–Trinajstić information content (AvgIpc) is 2.48. The average molecular weight is 201 g/mol. The van der Waals surface area contributed by atoms with Gasteiger partial charge in [-0.05, 0) is 6.92 Å². The molecule has 0 aliphatic carbocycles. The van der Waals surface area contributed by atoms with Gasteiger partial charge in [0.2, 0.25) is 0 Å². The van der Waals surface area contributed by atoms with Gasteiger partial charge in [0.15, 0.2) is 5.16 Å². The van der Waals surface area contributed by atoms with E-state index in [1.807, 2.05) is 7.05 Å². The fraction of sp³-hybridized carbons (Fsp3) is 0.571. The Kier molecular flexibility index (Phi) is 3.75. The van der Waals surface area contributed by atoms with Crippen LogP contribution in [-0.4, -0.2) is 33.1 Å². The Labute approximate surface area is 80.5 Å². The SMILES string of the molecule is CCOC(=O)CSc1nncn1C. The first-order valence-corrected chi connectivity index (χ1v) is 4.85. The maximum absolute atomic E-state index is 10.9. The number of carbonyl (C=O) groups is 1. The Balaban J connectivity index is 2.35. The Hall–Kier alpha value is -1.04. The lowest BCUT2D eigenvalue weighted by atomic mass is 10.8. The normalized spacial score (nSPS) is 10.0. The van der Waals surface area contributed by atoms with Crippen LogP contribution in [0.1, 0.15) is 6.92 Å². The molecule has 0 N–H and O–H groups in total. The molecule has 5 nitrogen and oxygen atoms in total. The van der Waals surface area contributed by atoms with Crippen LogP contribution in [0.5, 0.6) is 0 Å². The summed E-state index contributed by atoms with van der Waals surface area (Å²) in [5, 5.41) is 8.22. The molecule has 0 aliphatic heterocycles. The third kappa shape index (κ3) is 3.06. The molecular formula is C7H11N3O2S. The zero-order valence-corrected chi connectivity index (χ0v) is 8.37. The highest BCUT2D eigenvalue weighted by atomic mass is 32.2. The van der Waals surface area contributed by atoms with Crippen LogP contribution in [-0.2, 0) is 16.6 Å². The van der Waals surface area contributed by atoms with E-state index in [-0.39, 0.29) is 11.7 Å². The summed E-state index contributed by atoms with van der Waals surface area (Å²) in [6.45, 7) is 2.20. The Morgan fingerprint density at radius 1 is 1.77 bits per heavy atom. The number of nitrogens with zero attached hydrogens (tertiary/aromatic N) is 3. The number of esters is 1. The minimum absolute atomic E-state index is 0.226. The fourth-order valence-corrected chi connectivity index (χ4v) is 1.42. The summed E-state index contributed by atoms with van der Waals surface area (Å²) >= 11 is 1.32. The van der Waals surface area contributed by atoms with Crippen molar-refractivity contribution in [1.82, 2.24) is 14.8 Å². The molecule has 0 spiro atoms. The van der Waals surface area contributed by atoms with E-state index in [0.717, 1.165) is 0 Å². The molecule has 0 saturated carbocycles. The van der Waals surface area contributed by atoms with Crippen molar-refractivity contribution in [2.24, 2.45) is 7.05 Å². The van der Waals surface area contributed by atoms with Crippen LogP contribution in [0.15, 0.2) is 11.5 Å². The van der Waals surface area contributed by atoms with E-state index in [1.54, 1.807) is 17.8 Å². The molecule has 0 atom stereocenters. The zero-order valence-electron chi connectivity index (χ0n) is 7.56. The number of ether oxygens (including phenoxy) is 1. The monoisotopic (exact) mass is 201 g/mol. The maximum Gasteiger partial charge on any atom is 0.316 e. The largest absolute Gasteiger partial charge is 0.465 e. The highest BCUT2D eigenvalue weighted by Gasteiger charge is 2.06. The maximum atomic E-state index is 10.9. The highest BCUT2D eigenvalue weighted by Crippen LogP contribution is 2.12. The highest BCUT2D eigenvalue weighted by molar-refractivity contribution is 7.99. The second-order valence-corrected chi connectivity index (χ2v) is 3.26. The van der Waals surface area contributed by atoms with Crippen molar-refractivity contribution in [3.8, 4) is 0 Å². The number of thioether (sulfide) groups is 1. The molecule has 1 rings (SSSR count). The Morgan fingerprint density at radius 2 is 2.54 bits per heavy atom. The molecule has 1 aromatic rings. The molecule has 72 valence electrons. The predicted molar refractivity (Wildman–Crippen MR) is 48.4 cm³/mol. The molecule has 13 heavy (non-hydrogen) atoms. The van der Waals surface area contributed by atoms with Gasteiger partial charge in [-0.25, -0.2) is 0 Å². The lowest BCUT2D eigenvalue weighted by Crippen LogP contribution is -2.07. The second-order valence-electron chi connectivity index (χ2n) is 2.32. The van der Waals surface area contributed by atoms with Crippen LogP contribution in [0, 0.1) is 0 Å². The number of aromatic nitrogens is 3. The molecular weight excluding hydrogens is 190 g/mol. The molecule has 1 heterocycles. The van der Waals surface area contributed by atoms with Gasteiger partial charge in [0.25, 0.3) is 0 Å². The molecule has 0 aromatic carbocycles. The van der Waals surface area contributed by atoms with Crippen molar-refractivity contribution < 1.29 is 9.53 Å². The van der Waals surface area contributed by atoms with E-state index in [1.165, 1.54) is 11.8 Å². The molecule has 0 aliphatic rings. The summed E-state index contributed by atoms with van der Waals surface area (Å²) in [5.74, 6) is 0.0518. The predicted octanol–water partition coefficient (Wildman–Crippen LogP) is 0.470. The lowest BCUT2D eigenvalue weighted by molar-refractivity contribution is -0.139. The number of rotatable bonds is 4. The topological polar surface area (TPSA) is 57.0 Å². The first kappa shape index (κ1) is 10.0. The number of carbonyl (C=O) groups excluding carboxylic acids is 1. The van der Waals surface area contributed by atoms with E-state index in [2.05, 4.69) is 10.2 Å². The summed E-state index contributed by atoms with van der Waals surface area (Å²) in [7, 11) is 1.83. The van der Waals surface area contributed by atoms with Crippen LogP contribution in [0.2, 0.25) is 0 Å². The van der Waals surface area contributed by atoms with Crippen molar-refractivity contribution in [2.75, 3.05) is 12.4 Å². The van der Waals surface area contributed by atoms with Gasteiger partial charge in [0, 0.05) is 7.05 Å². The molecule has 0 fully saturated rings. The third-order valence-electron chi connectivity index (χ3n) is 1.29. The summed E-state index contributed by atoms with van der Waals surface area (Å²) in [5.41, 5.74) is 0. The van der Waals surface area contributed by atoms with Crippen molar-refractivity contribution in [1.29, 1.82) is 0 Å². The first-order valence-electron chi connectivity index (χ1n) is 3.86. The van der Waals surface area contributed by atoms with Crippen molar-refractivity contribution in [3.05, 3.63) is 6.33 Å². The second kappa shape index (κ2) is 4.86. The van der Waals surface area contributed by atoms with Crippen LogP contribution in [0.25, 0.3) is 0 Å². The summed E-state index contributed by atoms with van der Waals surface area (Å²) in [6.07, 6.45) is 1.59. The van der Waals surface area contributed by atoms with Crippen LogP contribution in [0.3, 0.4) is 0 Å². The minimum atomic E-state index is -0.226. The Bertz CT molecular complexity index is 287. The first-order chi connectivity index (χ1) is 6.24. The molecule has 0 unspecified atom stereocenters. The molecule has 0 bridgehead atoms. The molecule has 1 aromatic heterocycles. The van der Waals surface area contributed by atoms with Crippen molar-refractivity contribution in [3.63, 3.8) is 0 Å². The molecule has 0 radical (unpaired) electrons. The number of hydrogen-bond donors (Lipinski definition) is 0. The molecule has 0 amide bonds. The van der Waals surface area contributed by atoms with Gasteiger partial charge in [-0.1, -0.05) is 11.8 Å². The standard InChI is InChI=1S/C7H11N3O2S/c1-3-12-6(11)4-13-7-9-8-5-10(7)2/h5H,3-4H2,1-2H3. The molecule has 6 heteroatoms. The quantitative estimate of drug-likeness (QED) is 0.523. The van der Waals surface area contributed by atoms with Gasteiger partial charge >= 0.3 is 5.97 Å². The van der Waals surface area contributed by atoms with E-state index in [0.29, 0.717) is 11.8 Å². The van der Waals surface area contributed by atoms with Gasteiger partial charge in [-0.15, -0.1) is 10.2 Å². The van der Waals surface area contributed by atoms with E-state index < -0.39 is 0 Å². The van der Waals surface area contributed by atoms with Crippen molar-refractivity contribution in [2.45, 2.75) is 12.1 Å². The van der Waals surface area contributed by atoms with Gasteiger partial charge in [0.1, 0.15) is 6.33 Å². The van der Waals surface area contributed by atoms with Crippen molar-refractivity contribution >= 4 is 17.7 Å². The number of hydrogen-bond acceptors (Lipinski definition) is 5. The summed E-state index contributed by atoms with van der Waals surface area (Å²) in [4.78, 5) is 10.9. The lowest BCUT2D eigenvalue weighted by Gasteiger charge is -2.00. The van der Waals surface area contributed by atoms with Gasteiger partial charge in [-0.3, -0.25) is 4.79 Å². The fourth-order valence-electron chi connectivity index (χ4n) is 0.729. The third-order valence-corrected chi connectivity index (χ3v) is 2.30. The van der Waals surface area contributed by atoms with Crippen LogP contribution < -0.4 is 0 Å². The van der Waals surface area contributed by atoms with E-state index in [4.69, 9.17) is 4.74 Å².